The summed E-state index contributed by atoms with van der Waals surface area (Å²) in [5.74, 6) is 0.142. The molecule has 2 aromatic rings. The van der Waals surface area contributed by atoms with Crippen molar-refractivity contribution in [3.63, 3.8) is 0 Å². The van der Waals surface area contributed by atoms with Crippen molar-refractivity contribution in [2.75, 3.05) is 26.5 Å². The van der Waals surface area contributed by atoms with E-state index in [9.17, 15) is 17.2 Å². The quantitative estimate of drug-likeness (QED) is 0.712. The minimum atomic E-state index is -3.56. The van der Waals surface area contributed by atoms with Gasteiger partial charge >= 0.3 is 6.61 Å². The summed E-state index contributed by atoms with van der Waals surface area (Å²) in [5, 5.41) is 3.21. The Bertz CT molecular complexity index is 947. The molecule has 0 unspecified atom stereocenters. The van der Waals surface area contributed by atoms with Gasteiger partial charge in [0, 0.05) is 26.3 Å². The van der Waals surface area contributed by atoms with Crippen molar-refractivity contribution in [2.24, 2.45) is 0 Å². The Hall–Kier alpha value is -2.39. The zero-order chi connectivity index (χ0) is 21.1. The van der Waals surface area contributed by atoms with E-state index in [2.05, 4.69) is 10.1 Å². The molecule has 0 atom stereocenters. The van der Waals surface area contributed by atoms with Crippen molar-refractivity contribution in [3.8, 4) is 11.5 Å². The fraction of sp³-hybridized carbons (Fsp3) is 0.368. The number of halogens is 2. The molecule has 0 fully saturated rings. The standard InChI is InChI=1S/C19H24F2N2O4S/c1-12-8-15(28(24,25)23(3)4)10-16(13(12)2)22-11-14-6-7-17(27-19(20)21)18(9-14)26-5/h6-10,19,22H,11H2,1-5H3. The van der Waals surface area contributed by atoms with Crippen LogP contribution < -0.4 is 14.8 Å². The van der Waals surface area contributed by atoms with Crippen molar-refractivity contribution in [2.45, 2.75) is 31.9 Å². The Kier molecular flexibility index (Phi) is 6.84. The van der Waals surface area contributed by atoms with Crippen LogP contribution in [0, 0.1) is 13.8 Å². The van der Waals surface area contributed by atoms with Gasteiger partial charge in [0.2, 0.25) is 10.0 Å². The van der Waals surface area contributed by atoms with E-state index >= 15 is 0 Å². The van der Waals surface area contributed by atoms with E-state index in [1.807, 2.05) is 13.8 Å². The van der Waals surface area contributed by atoms with Crippen LogP contribution in [-0.2, 0) is 16.6 Å². The molecule has 0 bridgehead atoms. The summed E-state index contributed by atoms with van der Waals surface area (Å²) < 4.78 is 60.4. The van der Waals surface area contributed by atoms with Crippen LogP contribution in [0.2, 0.25) is 0 Å². The SMILES string of the molecule is COc1cc(CNc2cc(S(=O)(=O)N(C)C)cc(C)c2C)ccc1OC(F)F. The van der Waals surface area contributed by atoms with Gasteiger partial charge in [-0.1, -0.05) is 6.07 Å². The Morgan fingerprint density at radius 2 is 1.79 bits per heavy atom. The number of ether oxygens (including phenoxy) is 2. The second kappa shape index (κ2) is 8.74. The highest BCUT2D eigenvalue weighted by atomic mass is 32.2. The van der Waals surface area contributed by atoms with Gasteiger partial charge in [-0.3, -0.25) is 0 Å². The molecule has 2 aromatic carbocycles. The number of nitrogens with one attached hydrogen (secondary N) is 1. The van der Waals surface area contributed by atoms with Crippen LogP contribution in [0.1, 0.15) is 16.7 Å². The summed E-state index contributed by atoms with van der Waals surface area (Å²) in [4.78, 5) is 0.196. The van der Waals surface area contributed by atoms with Crippen LogP contribution in [0.25, 0.3) is 0 Å². The number of nitrogens with zero attached hydrogens (tertiary/aromatic N) is 1. The Labute approximate surface area is 164 Å². The number of sulfonamides is 1. The minimum Gasteiger partial charge on any atom is -0.493 e. The number of aryl methyl sites for hydroxylation is 1. The van der Waals surface area contributed by atoms with Gasteiger partial charge in [-0.25, -0.2) is 12.7 Å². The molecule has 0 spiro atoms. The molecule has 28 heavy (non-hydrogen) atoms. The fourth-order valence-electron chi connectivity index (χ4n) is 2.58. The Morgan fingerprint density at radius 3 is 2.36 bits per heavy atom. The third-order valence-corrected chi connectivity index (χ3v) is 6.14. The van der Waals surface area contributed by atoms with Gasteiger partial charge in [-0.05, 0) is 54.8 Å². The van der Waals surface area contributed by atoms with E-state index in [4.69, 9.17) is 4.74 Å². The van der Waals surface area contributed by atoms with Crippen molar-refractivity contribution in [1.82, 2.24) is 4.31 Å². The van der Waals surface area contributed by atoms with E-state index in [0.717, 1.165) is 21.0 Å². The van der Waals surface area contributed by atoms with Crippen LogP contribution in [0.5, 0.6) is 11.5 Å². The molecule has 1 N–H and O–H groups in total. The Morgan fingerprint density at radius 1 is 1.11 bits per heavy atom. The summed E-state index contributed by atoms with van der Waals surface area (Å²) in [7, 11) is 0.764. The van der Waals surface area contributed by atoms with Crippen LogP contribution in [0.3, 0.4) is 0 Å². The molecule has 0 radical (unpaired) electrons. The average molecular weight is 414 g/mol. The maximum Gasteiger partial charge on any atom is 0.387 e. The van der Waals surface area contributed by atoms with Gasteiger partial charge in [0.15, 0.2) is 11.5 Å². The lowest BCUT2D eigenvalue weighted by atomic mass is 10.1. The first kappa shape index (κ1) is 21.9. The molecule has 0 aliphatic carbocycles. The highest BCUT2D eigenvalue weighted by molar-refractivity contribution is 7.89. The van der Waals surface area contributed by atoms with Gasteiger partial charge < -0.3 is 14.8 Å². The predicted molar refractivity (Wildman–Crippen MR) is 104 cm³/mol. The molecular formula is C19H24F2N2O4S. The molecular weight excluding hydrogens is 390 g/mol. The van der Waals surface area contributed by atoms with Gasteiger partial charge in [0.25, 0.3) is 0 Å². The third-order valence-electron chi connectivity index (χ3n) is 4.35. The monoisotopic (exact) mass is 414 g/mol. The van der Waals surface area contributed by atoms with E-state index in [1.54, 1.807) is 24.3 Å². The zero-order valence-corrected chi connectivity index (χ0v) is 17.2. The number of anilines is 1. The average Bonchev–Trinajstić information content (AvgIpc) is 2.62. The minimum absolute atomic E-state index is 0.0488. The van der Waals surface area contributed by atoms with E-state index in [-0.39, 0.29) is 16.4 Å². The van der Waals surface area contributed by atoms with Gasteiger partial charge in [0.1, 0.15) is 0 Å². The normalized spacial score (nSPS) is 11.8. The summed E-state index contributed by atoms with van der Waals surface area (Å²) in [6.45, 7) is 1.14. The van der Waals surface area contributed by atoms with Crippen LogP contribution in [0.4, 0.5) is 14.5 Å². The molecule has 0 amide bonds. The van der Waals surface area contributed by atoms with Crippen molar-refractivity contribution in [3.05, 3.63) is 47.0 Å². The molecule has 2 rings (SSSR count). The van der Waals surface area contributed by atoms with Gasteiger partial charge in [-0.2, -0.15) is 8.78 Å². The summed E-state index contributed by atoms with van der Waals surface area (Å²) in [5.41, 5.74) is 3.19. The van der Waals surface area contributed by atoms with Crippen LogP contribution in [-0.4, -0.2) is 40.5 Å². The van der Waals surface area contributed by atoms with E-state index in [1.165, 1.54) is 27.3 Å². The predicted octanol–water partition coefficient (Wildman–Crippen LogP) is 3.78. The van der Waals surface area contributed by atoms with Crippen molar-refractivity contribution in [1.29, 1.82) is 0 Å². The summed E-state index contributed by atoms with van der Waals surface area (Å²) >= 11 is 0. The Balaban J connectivity index is 2.28. The maximum absolute atomic E-state index is 12.4. The van der Waals surface area contributed by atoms with Crippen LogP contribution >= 0.6 is 0 Å². The highest BCUT2D eigenvalue weighted by Gasteiger charge is 2.19. The second-order valence-corrected chi connectivity index (χ2v) is 8.57. The number of rotatable bonds is 8. The highest BCUT2D eigenvalue weighted by Crippen LogP contribution is 2.30. The molecule has 0 heterocycles. The third kappa shape index (κ3) is 4.90. The maximum atomic E-state index is 12.4. The van der Waals surface area contributed by atoms with Gasteiger partial charge in [0.05, 0.1) is 12.0 Å². The second-order valence-electron chi connectivity index (χ2n) is 6.42. The first-order valence-corrected chi connectivity index (χ1v) is 9.89. The topological polar surface area (TPSA) is 67.9 Å². The number of hydrogen-bond donors (Lipinski definition) is 1. The fourth-order valence-corrected chi connectivity index (χ4v) is 3.60. The molecule has 0 saturated heterocycles. The zero-order valence-electron chi connectivity index (χ0n) is 16.4. The van der Waals surface area contributed by atoms with E-state index in [0.29, 0.717) is 12.2 Å². The molecule has 0 aliphatic rings. The van der Waals surface area contributed by atoms with Crippen molar-refractivity contribution >= 4 is 15.7 Å². The number of alkyl halides is 2. The molecule has 154 valence electrons. The lowest BCUT2D eigenvalue weighted by molar-refractivity contribution is -0.0512. The largest absolute Gasteiger partial charge is 0.493 e. The molecule has 0 aliphatic heterocycles. The lowest BCUT2D eigenvalue weighted by Crippen LogP contribution is -2.22. The first-order valence-electron chi connectivity index (χ1n) is 8.45. The number of benzene rings is 2. The van der Waals surface area contributed by atoms with Crippen LogP contribution in [0.15, 0.2) is 35.2 Å². The van der Waals surface area contributed by atoms with E-state index < -0.39 is 16.6 Å². The summed E-state index contributed by atoms with van der Waals surface area (Å²) in [6, 6.07) is 7.86. The van der Waals surface area contributed by atoms with Crippen molar-refractivity contribution < 1.29 is 26.7 Å². The van der Waals surface area contributed by atoms with Gasteiger partial charge in [-0.15, -0.1) is 0 Å². The molecule has 9 heteroatoms. The lowest BCUT2D eigenvalue weighted by Gasteiger charge is -2.17. The number of hydrogen-bond acceptors (Lipinski definition) is 5. The number of methoxy groups -OCH3 is 1. The molecule has 0 saturated carbocycles. The summed E-state index contributed by atoms with van der Waals surface area (Å²) in [6.07, 6.45) is 0. The molecule has 0 aromatic heterocycles. The molecule has 6 nitrogen and oxygen atoms in total. The smallest absolute Gasteiger partial charge is 0.387 e. The first-order chi connectivity index (χ1) is 13.1.